The second-order valence-electron chi connectivity index (χ2n) is 4.05. The van der Waals surface area contributed by atoms with Crippen LogP contribution in [-0.4, -0.2) is 12.1 Å². The van der Waals surface area contributed by atoms with Crippen LogP contribution >= 0.6 is 11.6 Å². The summed E-state index contributed by atoms with van der Waals surface area (Å²) in [6, 6.07) is 15.8. The molecule has 4 heteroatoms. The zero-order valence-corrected chi connectivity index (χ0v) is 10.9. The number of benzene rings is 2. The molecule has 0 saturated heterocycles. The zero-order chi connectivity index (χ0) is 13.7. The molecule has 0 aliphatic carbocycles. The van der Waals surface area contributed by atoms with E-state index in [1.165, 1.54) is 0 Å². The SMILES string of the molecule is NC(=O)[C@H](N=Cc1ccccc1)c1ccc(Cl)cc1. The van der Waals surface area contributed by atoms with E-state index in [1.807, 2.05) is 30.3 Å². The molecular formula is C15H13ClN2O. The molecule has 0 saturated carbocycles. The fourth-order valence-corrected chi connectivity index (χ4v) is 1.79. The van der Waals surface area contributed by atoms with Gasteiger partial charge in [0.1, 0.15) is 0 Å². The number of aliphatic imine (C=N–C) groups is 1. The van der Waals surface area contributed by atoms with Crippen LogP contribution in [0.5, 0.6) is 0 Å². The van der Waals surface area contributed by atoms with E-state index in [0.717, 1.165) is 11.1 Å². The van der Waals surface area contributed by atoms with Crippen molar-refractivity contribution in [2.75, 3.05) is 0 Å². The number of amides is 1. The third-order valence-corrected chi connectivity index (χ3v) is 2.88. The quantitative estimate of drug-likeness (QED) is 0.855. The molecular weight excluding hydrogens is 260 g/mol. The lowest BCUT2D eigenvalue weighted by molar-refractivity contribution is -0.119. The molecule has 1 atom stereocenters. The molecule has 0 aromatic heterocycles. The Morgan fingerprint density at radius 2 is 1.74 bits per heavy atom. The van der Waals surface area contributed by atoms with Gasteiger partial charge in [0.05, 0.1) is 0 Å². The van der Waals surface area contributed by atoms with Gasteiger partial charge in [-0.1, -0.05) is 54.1 Å². The van der Waals surface area contributed by atoms with Crippen molar-refractivity contribution >= 4 is 23.7 Å². The maximum absolute atomic E-state index is 11.5. The van der Waals surface area contributed by atoms with Gasteiger partial charge >= 0.3 is 0 Å². The fraction of sp³-hybridized carbons (Fsp3) is 0.0667. The Bertz CT molecular complexity index is 579. The highest BCUT2D eigenvalue weighted by Gasteiger charge is 2.15. The van der Waals surface area contributed by atoms with Gasteiger partial charge in [0.2, 0.25) is 5.91 Å². The summed E-state index contributed by atoms with van der Waals surface area (Å²) in [5.74, 6) is -0.491. The van der Waals surface area contributed by atoms with Crippen LogP contribution < -0.4 is 5.73 Å². The van der Waals surface area contributed by atoms with Gasteiger partial charge in [-0.3, -0.25) is 9.79 Å². The van der Waals surface area contributed by atoms with Crippen molar-refractivity contribution in [1.82, 2.24) is 0 Å². The predicted octanol–water partition coefficient (Wildman–Crippen LogP) is 2.99. The summed E-state index contributed by atoms with van der Waals surface area (Å²) in [7, 11) is 0. The van der Waals surface area contributed by atoms with E-state index in [0.29, 0.717) is 5.02 Å². The lowest BCUT2D eigenvalue weighted by atomic mass is 10.1. The van der Waals surface area contributed by atoms with Crippen molar-refractivity contribution < 1.29 is 4.79 Å². The number of rotatable bonds is 4. The molecule has 2 N–H and O–H groups in total. The number of hydrogen-bond acceptors (Lipinski definition) is 2. The van der Waals surface area contributed by atoms with E-state index in [2.05, 4.69) is 4.99 Å². The van der Waals surface area contributed by atoms with Crippen molar-refractivity contribution in [3.05, 3.63) is 70.7 Å². The summed E-state index contributed by atoms with van der Waals surface area (Å²) in [6.45, 7) is 0. The van der Waals surface area contributed by atoms with E-state index >= 15 is 0 Å². The number of halogens is 1. The summed E-state index contributed by atoms with van der Waals surface area (Å²) < 4.78 is 0. The first-order valence-corrected chi connectivity index (χ1v) is 6.17. The molecule has 0 aliphatic rings. The van der Waals surface area contributed by atoms with Gasteiger partial charge in [-0.25, -0.2) is 0 Å². The normalized spacial score (nSPS) is 12.5. The van der Waals surface area contributed by atoms with Crippen LogP contribution in [0.1, 0.15) is 17.2 Å². The molecule has 96 valence electrons. The highest BCUT2D eigenvalue weighted by Crippen LogP contribution is 2.19. The average Bonchev–Trinajstić information content (AvgIpc) is 2.42. The second kappa shape index (κ2) is 6.16. The van der Waals surface area contributed by atoms with E-state index in [-0.39, 0.29) is 0 Å². The molecule has 2 rings (SSSR count). The Morgan fingerprint density at radius 3 is 2.32 bits per heavy atom. The third-order valence-electron chi connectivity index (χ3n) is 2.63. The van der Waals surface area contributed by atoms with Crippen molar-refractivity contribution in [2.24, 2.45) is 10.7 Å². The smallest absolute Gasteiger partial charge is 0.246 e. The lowest BCUT2D eigenvalue weighted by Gasteiger charge is -2.08. The molecule has 2 aromatic rings. The Morgan fingerprint density at radius 1 is 1.11 bits per heavy atom. The van der Waals surface area contributed by atoms with E-state index in [9.17, 15) is 4.79 Å². The van der Waals surface area contributed by atoms with E-state index in [4.69, 9.17) is 17.3 Å². The first-order chi connectivity index (χ1) is 9.16. The number of hydrogen-bond donors (Lipinski definition) is 1. The van der Waals surface area contributed by atoms with Gasteiger partial charge < -0.3 is 5.73 Å². The number of carbonyl (C=O) groups excluding carboxylic acids is 1. The van der Waals surface area contributed by atoms with Crippen LogP contribution in [-0.2, 0) is 4.79 Å². The Kier molecular flexibility index (Phi) is 4.31. The fourth-order valence-electron chi connectivity index (χ4n) is 1.67. The highest BCUT2D eigenvalue weighted by atomic mass is 35.5. The molecule has 0 fully saturated rings. The Labute approximate surface area is 116 Å². The molecule has 0 bridgehead atoms. The summed E-state index contributed by atoms with van der Waals surface area (Å²) in [4.78, 5) is 15.7. The molecule has 0 radical (unpaired) electrons. The zero-order valence-electron chi connectivity index (χ0n) is 10.2. The molecule has 2 aromatic carbocycles. The van der Waals surface area contributed by atoms with Crippen molar-refractivity contribution in [3.63, 3.8) is 0 Å². The summed E-state index contributed by atoms with van der Waals surface area (Å²) >= 11 is 5.81. The van der Waals surface area contributed by atoms with Crippen molar-refractivity contribution in [1.29, 1.82) is 0 Å². The second-order valence-corrected chi connectivity index (χ2v) is 4.48. The molecule has 19 heavy (non-hydrogen) atoms. The maximum Gasteiger partial charge on any atom is 0.246 e. The summed E-state index contributed by atoms with van der Waals surface area (Å²) in [6.07, 6.45) is 1.64. The average molecular weight is 273 g/mol. The van der Waals surface area contributed by atoms with Crippen LogP contribution in [0.25, 0.3) is 0 Å². The predicted molar refractivity (Wildman–Crippen MR) is 77.4 cm³/mol. The van der Waals surface area contributed by atoms with E-state index in [1.54, 1.807) is 30.5 Å². The monoisotopic (exact) mass is 272 g/mol. The number of nitrogens with two attached hydrogens (primary N) is 1. The highest BCUT2D eigenvalue weighted by molar-refractivity contribution is 6.30. The summed E-state index contributed by atoms with van der Waals surface area (Å²) in [5, 5.41) is 0.610. The van der Waals surface area contributed by atoms with Crippen molar-refractivity contribution in [2.45, 2.75) is 6.04 Å². The first-order valence-electron chi connectivity index (χ1n) is 5.80. The molecule has 0 aliphatic heterocycles. The van der Waals surface area contributed by atoms with Gasteiger partial charge in [0, 0.05) is 11.2 Å². The molecule has 1 amide bonds. The summed E-state index contributed by atoms with van der Waals surface area (Å²) in [5.41, 5.74) is 7.03. The standard InChI is InChI=1S/C15H13ClN2O/c16-13-8-6-12(7-9-13)14(15(17)19)18-10-11-4-2-1-3-5-11/h1-10,14H,(H2,17,19)/t14-/m1/s1. The van der Waals surface area contributed by atoms with Gasteiger partial charge in [-0.2, -0.15) is 0 Å². The minimum atomic E-state index is -0.697. The van der Waals surface area contributed by atoms with Crippen LogP contribution in [0.3, 0.4) is 0 Å². The van der Waals surface area contributed by atoms with Gasteiger partial charge in [0.25, 0.3) is 0 Å². The van der Waals surface area contributed by atoms with E-state index < -0.39 is 11.9 Å². The van der Waals surface area contributed by atoms with Crippen LogP contribution in [0, 0.1) is 0 Å². The number of nitrogens with zero attached hydrogens (tertiary/aromatic N) is 1. The Balaban J connectivity index is 2.24. The van der Waals surface area contributed by atoms with Crippen LogP contribution in [0.2, 0.25) is 5.02 Å². The lowest BCUT2D eigenvalue weighted by Crippen LogP contribution is -2.20. The number of carbonyl (C=O) groups is 1. The minimum absolute atomic E-state index is 0.491. The largest absolute Gasteiger partial charge is 0.368 e. The van der Waals surface area contributed by atoms with Gasteiger partial charge in [0.15, 0.2) is 6.04 Å². The topological polar surface area (TPSA) is 55.5 Å². The van der Waals surface area contributed by atoms with Crippen molar-refractivity contribution in [3.8, 4) is 0 Å². The third kappa shape index (κ3) is 3.66. The van der Waals surface area contributed by atoms with Crippen LogP contribution in [0.4, 0.5) is 0 Å². The Hall–Kier alpha value is -2.13. The minimum Gasteiger partial charge on any atom is -0.368 e. The van der Waals surface area contributed by atoms with Gasteiger partial charge in [-0.05, 0) is 23.3 Å². The first kappa shape index (κ1) is 13.3. The molecule has 0 unspecified atom stereocenters. The molecule has 0 spiro atoms. The maximum atomic E-state index is 11.5. The molecule has 3 nitrogen and oxygen atoms in total. The number of primary amides is 1. The molecule has 0 heterocycles. The van der Waals surface area contributed by atoms with Gasteiger partial charge in [-0.15, -0.1) is 0 Å². The van der Waals surface area contributed by atoms with Crippen LogP contribution in [0.15, 0.2) is 59.6 Å².